The number of nitrogens with zero attached hydrogens (tertiary/aromatic N) is 1. The maximum Gasteiger partial charge on any atom is 0.136 e. The second-order valence-corrected chi connectivity index (χ2v) is 6.23. The van der Waals surface area contributed by atoms with Gasteiger partial charge in [-0.2, -0.15) is 0 Å². The minimum absolute atomic E-state index is 0.0108. The standard InChI is InChI=1S/C16H25N3OS/c1-4-16(5-2)10-12(7-9-20-16)19-15-13(14(17)21)11(3)6-8-18-15/h6,8,12H,4-5,7,9-10H2,1-3H3,(H2,17,21)(H,18,19). The van der Waals surface area contributed by atoms with Gasteiger partial charge >= 0.3 is 0 Å². The molecule has 21 heavy (non-hydrogen) atoms. The van der Waals surface area contributed by atoms with Crippen LogP contribution in [0.3, 0.4) is 0 Å². The second-order valence-electron chi connectivity index (χ2n) is 5.79. The van der Waals surface area contributed by atoms with Gasteiger partial charge in [0.1, 0.15) is 10.8 Å². The molecule has 1 aromatic heterocycles. The van der Waals surface area contributed by atoms with Crippen molar-refractivity contribution in [2.24, 2.45) is 5.73 Å². The van der Waals surface area contributed by atoms with E-state index in [4.69, 9.17) is 22.7 Å². The molecule has 1 fully saturated rings. The van der Waals surface area contributed by atoms with Gasteiger partial charge in [-0.1, -0.05) is 26.1 Å². The molecule has 0 spiro atoms. The van der Waals surface area contributed by atoms with Crippen LogP contribution in [0.4, 0.5) is 5.82 Å². The normalized spacial score (nSPS) is 21.0. The quantitative estimate of drug-likeness (QED) is 0.818. The van der Waals surface area contributed by atoms with Gasteiger partial charge in [0, 0.05) is 18.8 Å². The van der Waals surface area contributed by atoms with Gasteiger partial charge in [0.25, 0.3) is 0 Å². The van der Waals surface area contributed by atoms with Crippen molar-refractivity contribution in [3.8, 4) is 0 Å². The molecule has 1 aromatic rings. The van der Waals surface area contributed by atoms with Crippen LogP contribution in [0.15, 0.2) is 12.3 Å². The molecule has 116 valence electrons. The van der Waals surface area contributed by atoms with Crippen LogP contribution < -0.4 is 11.1 Å². The van der Waals surface area contributed by atoms with Crippen molar-refractivity contribution >= 4 is 23.0 Å². The van der Waals surface area contributed by atoms with Gasteiger partial charge < -0.3 is 15.8 Å². The number of rotatable bonds is 5. The number of anilines is 1. The highest BCUT2D eigenvalue weighted by molar-refractivity contribution is 7.80. The van der Waals surface area contributed by atoms with Crippen molar-refractivity contribution in [2.45, 2.75) is 58.1 Å². The lowest BCUT2D eigenvalue weighted by Gasteiger charge is -2.40. The van der Waals surface area contributed by atoms with Gasteiger partial charge in [-0.05, 0) is 44.2 Å². The molecule has 1 unspecified atom stereocenters. The molecule has 0 aliphatic carbocycles. The highest BCUT2D eigenvalue weighted by Gasteiger charge is 2.34. The lowest BCUT2D eigenvalue weighted by Crippen LogP contribution is -2.44. The number of thiocarbonyl (C=S) groups is 1. The van der Waals surface area contributed by atoms with Crippen molar-refractivity contribution in [1.82, 2.24) is 4.98 Å². The van der Waals surface area contributed by atoms with Crippen LogP contribution in [0.5, 0.6) is 0 Å². The van der Waals surface area contributed by atoms with Gasteiger partial charge in [-0.15, -0.1) is 0 Å². The number of aryl methyl sites for hydroxylation is 1. The summed E-state index contributed by atoms with van der Waals surface area (Å²) in [5, 5.41) is 3.54. The van der Waals surface area contributed by atoms with E-state index >= 15 is 0 Å². The summed E-state index contributed by atoms with van der Waals surface area (Å²) in [6, 6.07) is 2.28. The van der Waals surface area contributed by atoms with Gasteiger partial charge in [-0.3, -0.25) is 0 Å². The van der Waals surface area contributed by atoms with Gasteiger partial charge in [0.05, 0.1) is 11.2 Å². The van der Waals surface area contributed by atoms with Crippen LogP contribution in [-0.2, 0) is 4.74 Å². The van der Waals surface area contributed by atoms with E-state index in [0.717, 1.165) is 49.2 Å². The SMILES string of the molecule is CCC1(CC)CC(Nc2nccc(C)c2C(N)=S)CCO1. The minimum Gasteiger partial charge on any atom is -0.389 e. The van der Waals surface area contributed by atoms with Crippen molar-refractivity contribution in [3.63, 3.8) is 0 Å². The third-order valence-corrected chi connectivity index (χ3v) is 4.73. The molecular weight excluding hydrogens is 282 g/mol. The topological polar surface area (TPSA) is 60.2 Å². The predicted octanol–water partition coefficient (Wildman–Crippen LogP) is 3.17. The van der Waals surface area contributed by atoms with Crippen molar-refractivity contribution in [2.75, 3.05) is 11.9 Å². The second kappa shape index (κ2) is 6.71. The molecule has 1 aliphatic heterocycles. The number of nitrogens with two attached hydrogens (primary N) is 1. The van der Waals surface area contributed by atoms with Crippen LogP contribution in [0, 0.1) is 6.92 Å². The molecule has 2 heterocycles. The summed E-state index contributed by atoms with van der Waals surface area (Å²) in [6.45, 7) is 7.18. The van der Waals surface area contributed by atoms with E-state index in [-0.39, 0.29) is 5.60 Å². The van der Waals surface area contributed by atoms with Crippen LogP contribution in [-0.4, -0.2) is 28.2 Å². The molecule has 1 atom stereocenters. The molecule has 0 saturated carbocycles. The Balaban J connectivity index is 2.19. The zero-order chi connectivity index (χ0) is 15.5. The average molecular weight is 307 g/mol. The summed E-state index contributed by atoms with van der Waals surface area (Å²) in [6.07, 6.45) is 5.84. The third-order valence-electron chi connectivity index (χ3n) is 4.53. The lowest BCUT2D eigenvalue weighted by atomic mass is 9.86. The number of aromatic nitrogens is 1. The largest absolute Gasteiger partial charge is 0.389 e. The maximum atomic E-state index is 6.02. The summed E-state index contributed by atoms with van der Waals surface area (Å²) < 4.78 is 6.02. The zero-order valence-corrected chi connectivity index (χ0v) is 13.9. The molecule has 0 bridgehead atoms. The Kier molecular flexibility index (Phi) is 5.17. The smallest absolute Gasteiger partial charge is 0.136 e. The number of ether oxygens (including phenoxy) is 1. The summed E-state index contributed by atoms with van der Waals surface area (Å²) in [7, 11) is 0. The van der Waals surface area contributed by atoms with Crippen molar-refractivity contribution in [1.29, 1.82) is 0 Å². The fourth-order valence-corrected chi connectivity index (χ4v) is 3.32. The highest BCUT2D eigenvalue weighted by Crippen LogP contribution is 2.33. The Hall–Kier alpha value is -1.20. The first-order chi connectivity index (χ1) is 10.0. The summed E-state index contributed by atoms with van der Waals surface area (Å²) >= 11 is 5.17. The van der Waals surface area contributed by atoms with Crippen molar-refractivity contribution in [3.05, 3.63) is 23.4 Å². The molecule has 0 radical (unpaired) electrons. The van der Waals surface area contributed by atoms with Crippen molar-refractivity contribution < 1.29 is 4.74 Å². The zero-order valence-electron chi connectivity index (χ0n) is 13.1. The van der Waals surface area contributed by atoms with E-state index in [1.54, 1.807) is 6.20 Å². The van der Waals surface area contributed by atoms with Gasteiger partial charge in [0.15, 0.2) is 0 Å². The first-order valence-electron chi connectivity index (χ1n) is 7.67. The fourth-order valence-electron chi connectivity index (χ4n) is 3.07. The van der Waals surface area contributed by atoms with E-state index in [9.17, 15) is 0 Å². The molecule has 5 heteroatoms. The number of nitrogens with one attached hydrogen (secondary N) is 1. The highest BCUT2D eigenvalue weighted by atomic mass is 32.1. The Morgan fingerprint density at radius 3 is 2.86 bits per heavy atom. The molecule has 3 N–H and O–H groups in total. The molecule has 4 nitrogen and oxygen atoms in total. The van der Waals surface area contributed by atoms with Crippen LogP contribution in [0.25, 0.3) is 0 Å². The summed E-state index contributed by atoms with van der Waals surface area (Å²) in [4.78, 5) is 4.83. The van der Waals surface area contributed by atoms with E-state index in [1.807, 2.05) is 13.0 Å². The average Bonchev–Trinajstić information content (AvgIpc) is 2.47. The Bertz CT molecular complexity index is 514. The van der Waals surface area contributed by atoms with E-state index in [1.165, 1.54) is 0 Å². The molecule has 1 saturated heterocycles. The van der Waals surface area contributed by atoms with Crippen LogP contribution in [0.1, 0.15) is 50.7 Å². The first kappa shape index (κ1) is 16.2. The van der Waals surface area contributed by atoms with E-state index in [0.29, 0.717) is 11.0 Å². The molecule has 0 amide bonds. The third kappa shape index (κ3) is 3.52. The number of hydrogen-bond donors (Lipinski definition) is 2. The Morgan fingerprint density at radius 1 is 1.52 bits per heavy atom. The van der Waals surface area contributed by atoms with E-state index in [2.05, 4.69) is 24.1 Å². The first-order valence-corrected chi connectivity index (χ1v) is 8.08. The van der Waals surface area contributed by atoms with Crippen LogP contribution in [0.2, 0.25) is 0 Å². The summed E-state index contributed by atoms with van der Waals surface area (Å²) in [5.74, 6) is 0.801. The Morgan fingerprint density at radius 2 is 2.24 bits per heavy atom. The van der Waals surface area contributed by atoms with Crippen LogP contribution >= 0.6 is 12.2 Å². The van der Waals surface area contributed by atoms with Gasteiger partial charge in [0.2, 0.25) is 0 Å². The summed E-state index contributed by atoms with van der Waals surface area (Å²) in [5.41, 5.74) is 7.76. The molecule has 2 rings (SSSR count). The molecular formula is C16H25N3OS. The van der Waals surface area contributed by atoms with E-state index < -0.39 is 0 Å². The fraction of sp³-hybridized carbons (Fsp3) is 0.625. The van der Waals surface area contributed by atoms with Gasteiger partial charge in [-0.25, -0.2) is 4.98 Å². The monoisotopic (exact) mass is 307 g/mol. The molecule has 0 aromatic carbocycles. The Labute approximate surface area is 132 Å². The lowest BCUT2D eigenvalue weighted by molar-refractivity contribution is -0.0864. The minimum atomic E-state index is -0.0108. The predicted molar refractivity (Wildman–Crippen MR) is 90.8 cm³/mol. The molecule has 1 aliphatic rings. The number of pyridine rings is 1. The maximum absolute atomic E-state index is 6.02. The number of hydrogen-bond acceptors (Lipinski definition) is 4.